The van der Waals surface area contributed by atoms with E-state index in [2.05, 4.69) is 5.32 Å². The molecular weight excluding hydrogens is 375 g/mol. The molecule has 1 fully saturated rings. The lowest BCUT2D eigenvalue weighted by atomic mass is 9.78. The Bertz CT molecular complexity index is 782. The number of halogens is 1. The molecule has 6 nitrogen and oxygen atoms in total. The number of nitrogens with zero attached hydrogens (tertiary/aromatic N) is 1. The molecule has 1 aromatic carbocycles. The Kier molecular flexibility index (Phi) is 6.05. The molecular formula is C22H31FN2O4. The minimum absolute atomic E-state index is 0.00821. The van der Waals surface area contributed by atoms with E-state index in [0.29, 0.717) is 30.5 Å². The van der Waals surface area contributed by atoms with Crippen molar-refractivity contribution in [2.45, 2.75) is 71.6 Å². The van der Waals surface area contributed by atoms with E-state index in [1.807, 2.05) is 27.7 Å². The molecule has 0 bridgehead atoms. The number of phenols is 1. The zero-order valence-corrected chi connectivity index (χ0v) is 17.6. The van der Waals surface area contributed by atoms with Crippen molar-refractivity contribution in [2.24, 2.45) is 11.8 Å². The maximum Gasteiger partial charge on any atom is 0.407 e. The van der Waals surface area contributed by atoms with Gasteiger partial charge in [-0.25, -0.2) is 9.18 Å². The summed E-state index contributed by atoms with van der Waals surface area (Å²) in [5, 5.41) is 12.5. The van der Waals surface area contributed by atoms with Crippen molar-refractivity contribution in [2.75, 3.05) is 6.54 Å². The summed E-state index contributed by atoms with van der Waals surface area (Å²) < 4.78 is 19.4. The molecule has 1 unspecified atom stereocenters. The summed E-state index contributed by atoms with van der Waals surface area (Å²) in [5.41, 5.74) is 0.125. The fourth-order valence-electron chi connectivity index (χ4n) is 4.34. The largest absolute Gasteiger partial charge is 0.505 e. The van der Waals surface area contributed by atoms with Crippen LogP contribution in [0.25, 0.3) is 0 Å². The van der Waals surface area contributed by atoms with E-state index in [4.69, 9.17) is 4.74 Å². The molecule has 1 heterocycles. The Hall–Kier alpha value is -2.31. The van der Waals surface area contributed by atoms with Crippen molar-refractivity contribution >= 4 is 12.0 Å². The molecule has 160 valence electrons. The van der Waals surface area contributed by atoms with E-state index < -0.39 is 23.3 Å². The van der Waals surface area contributed by atoms with Crippen LogP contribution in [0, 0.1) is 17.7 Å². The number of alkyl carbamates (subject to hydrolysis) is 1. The van der Waals surface area contributed by atoms with Gasteiger partial charge in [-0.1, -0.05) is 6.07 Å². The molecule has 29 heavy (non-hydrogen) atoms. The van der Waals surface area contributed by atoms with Gasteiger partial charge in [0.25, 0.3) is 5.91 Å². The van der Waals surface area contributed by atoms with Crippen molar-refractivity contribution in [1.82, 2.24) is 10.2 Å². The van der Waals surface area contributed by atoms with Gasteiger partial charge < -0.3 is 20.1 Å². The minimum Gasteiger partial charge on any atom is -0.505 e. The SMILES string of the molecule is CC(NC(=O)OC(C)(C)C)[C@H]1CC[C@H](CN2Cc3ccc(O)c(F)c3C2=O)CC1. The highest BCUT2D eigenvalue weighted by atomic mass is 19.1. The Morgan fingerprint density at radius 1 is 1.31 bits per heavy atom. The first-order valence-electron chi connectivity index (χ1n) is 10.3. The summed E-state index contributed by atoms with van der Waals surface area (Å²) in [4.78, 5) is 26.2. The van der Waals surface area contributed by atoms with Crippen molar-refractivity contribution in [1.29, 1.82) is 0 Å². The summed E-state index contributed by atoms with van der Waals surface area (Å²) in [7, 11) is 0. The van der Waals surface area contributed by atoms with Crippen molar-refractivity contribution in [3.8, 4) is 5.75 Å². The normalized spacial score (nSPS) is 22.9. The number of ether oxygens (including phenoxy) is 1. The fourth-order valence-corrected chi connectivity index (χ4v) is 4.34. The Balaban J connectivity index is 1.49. The Morgan fingerprint density at radius 2 is 1.97 bits per heavy atom. The number of phenolic OH excluding ortho intramolecular Hbond substituents is 1. The Morgan fingerprint density at radius 3 is 2.59 bits per heavy atom. The highest BCUT2D eigenvalue weighted by Crippen LogP contribution is 2.35. The summed E-state index contributed by atoms with van der Waals surface area (Å²) in [6.45, 7) is 8.51. The number of carbonyl (C=O) groups is 2. The van der Waals surface area contributed by atoms with Gasteiger partial charge in [-0.05, 0) is 76.8 Å². The van der Waals surface area contributed by atoms with E-state index in [1.165, 1.54) is 6.07 Å². The van der Waals surface area contributed by atoms with Gasteiger partial charge in [0, 0.05) is 19.1 Å². The van der Waals surface area contributed by atoms with Crippen LogP contribution in [0.1, 0.15) is 69.3 Å². The molecule has 1 aromatic rings. The molecule has 1 atom stereocenters. The van der Waals surface area contributed by atoms with Crippen molar-refractivity contribution in [3.63, 3.8) is 0 Å². The highest BCUT2D eigenvalue weighted by molar-refractivity contribution is 5.99. The third-order valence-electron chi connectivity index (χ3n) is 5.89. The molecule has 0 aromatic heterocycles. The van der Waals surface area contributed by atoms with E-state index >= 15 is 0 Å². The quantitative estimate of drug-likeness (QED) is 0.785. The summed E-state index contributed by atoms with van der Waals surface area (Å²) >= 11 is 0. The van der Waals surface area contributed by atoms with Crippen LogP contribution < -0.4 is 5.32 Å². The first kappa shape index (κ1) is 21.4. The van der Waals surface area contributed by atoms with Crippen LogP contribution in [0.15, 0.2) is 12.1 Å². The third-order valence-corrected chi connectivity index (χ3v) is 5.89. The first-order valence-corrected chi connectivity index (χ1v) is 10.3. The first-order chi connectivity index (χ1) is 13.5. The number of nitrogens with one attached hydrogen (secondary N) is 1. The predicted octanol–water partition coefficient (Wildman–Crippen LogP) is 4.21. The van der Waals surface area contributed by atoms with Gasteiger partial charge in [0.15, 0.2) is 11.6 Å². The maximum atomic E-state index is 14.1. The fraction of sp³-hybridized carbons (Fsp3) is 0.636. The van der Waals surface area contributed by atoms with Gasteiger partial charge in [0.05, 0.1) is 5.56 Å². The number of carbonyl (C=O) groups excluding carboxylic acids is 2. The lowest BCUT2D eigenvalue weighted by molar-refractivity contribution is 0.0474. The number of fused-ring (bicyclic) bond motifs is 1. The van der Waals surface area contributed by atoms with E-state index in [1.54, 1.807) is 11.0 Å². The summed E-state index contributed by atoms with van der Waals surface area (Å²) in [6, 6.07) is 2.95. The van der Waals surface area contributed by atoms with Crippen LogP contribution in [0.3, 0.4) is 0 Å². The minimum atomic E-state index is -0.819. The van der Waals surface area contributed by atoms with Crippen LogP contribution in [0.4, 0.5) is 9.18 Å². The molecule has 1 aliphatic heterocycles. The second kappa shape index (κ2) is 8.20. The molecule has 0 saturated heterocycles. The molecule has 7 heteroatoms. The lowest BCUT2D eigenvalue weighted by Crippen LogP contribution is -2.43. The third kappa shape index (κ3) is 5.00. The highest BCUT2D eigenvalue weighted by Gasteiger charge is 2.35. The predicted molar refractivity (Wildman–Crippen MR) is 107 cm³/mol. The topological polar surface area (TPSA) is 78.9 Å². The standard InChI is InChI=1S/C22H31FN2O4/c1-13(24-21(28)29-22(2,3)4)15-7-5-14(6-8-15)11-25-12-16-9-10-17(26)19(23)18(16)20(25)27/h9-10,13-15,26H,5-8,11-12H2,1-4H3,(H,24,28)/t13?,14-,15-. The molecule has 1 aliphatic carbocycles. The second-order valence-corrected chi connectivity index (χ2v) is 9.33. The van der Waals surface area contributed by atoms with E-state index in [0.717, 1.165) is 25.7 Å². The molecule has 2 N–H and O–H groups in total. The lowest BCUT2D eigenvalue weighted by Gasteiger charge is -2.34. The number of hydrogen-bond donors (Lipinski definition) is 2. The van der Waals surface area contributed by atoms with E-state index in [9.17, 15) is 19.1 Å². The van der Waals surface area contributed by atoms with Gasteiger partial charge in [0.2, 0.25) is 0 Å². The molecule has 0 spiro atoms. The zero-order chi connectivity index (χ0) is 21.3. The zero-order valence-electron chi connectivity index (χ0n) is 17.6. The molecule has 3 rings (SSSR count). The van der Waals surface area contributed by atoms with Crippen molar-refractivity contribution in [3.05, 3.63) is 29.1 Å². The number of hydrogen-bond acceptors (Lipinski definition) is 4. The van der Waals surface area contributed by atoms with Gasteiger partial charge in [-0.15, -0.1) is 0 Å². The molecule has 1 saturated carbocycles. The van der Waals surface area contributed by atoms with Crippen LogP contribution in [-0.4, -0.2) is 40.2 Å². The van der Waals surface area contributed by atoms with Crippen LogP contribution in [0.2, 0.25) is 0 Å². The maximum absolute atomic E-state index is 14.1. The monoisotopic (exact) mass is 406 g/mol. The van der Waals surface area contributed by atoms with Crippen LogP contribution in [0.5, 0.6) is 5.75 Å². The summed E-state index contributed by atoms with van der Waals surface area (Å²) in [5.74, 6) is -0.906. The Labute approximate surface area is 171 Å². The van der Waals surface area contributed by atoms with Crippen molar-refractivity contribution < 1.29 is 23.8 Å². The van der Waals surface area contributed by atoms with Gasteiger partial charge in [-0.3, -0.25) is 4.79 Å². The van der Waals surface area contributed by atoms with Gasteiger partial charge >= 0.3 is 6.09 Å². The van der Waals surface area contributed by atoms with Gasteiger partial charge in [-0.2, -0.15) is 0 Å². The second-order valence-electron chi connectivity index (χ2n) is 9.33. The van der Waals surface area contributed by atoms with Gasteiger partial charge in [0.1, 0.15) is 5.60 Å². The van der Waals surface area contributed by atoms with E-state index in [-0.39, 0.29) is 17.5 Å². The number of aromatic hydroxyl groups is 1. The smallest absolute Gasteiger partial charge is 0.407 e. The number of benzene rings is 1. The molecule has 2 aliphatic rings. The van der Waals surface area contributed by atoms with Crippen LogP contribution >= 0.6 is 0 Å². The molecule has 2 amide bonds. The summed E-state index contributed by atoms with van der Waals surface area (Å²) in [6.07, 6.45) is 3.45. The van der Waals surface area contributed by atoms with Crippen LogP contribution in [-0.2, 0) is 11.3 Å². The molecule has 0 radical (unpaired) electrons. The average molecular weight is 406 g/mol. The number of rotatable bonds is 4. The number of amides is 2. The average Bonchev–Trinajstić information content (AvgIpc) is 2.93.